The minimum atomic E-state index is -0.462. The molecule has 0 aliphatic rings. The van der Waals surface area contributed by atoms with E-state index in [0.29, 0.717) is 5.76 Å². The van der Waals surface area contributed by atoms with Gasteiger partial charge in [0.15, 0.2) is 0 Å². The van der Waals surface area contributed by atoms with Gasteiger partial charge in [0, 0.05) is 5.39 Å². The molecule has 0 fully saturated rings. The highest BCUT2D eigenvalue weighted by molar-refractivity contribution is 5.81. The van der Waals surface area contributed by atoms with Gasteiger partial charge in [-0.15, -0.1) is 0 Å². The largest absolute Gasteiger partial charge is 0.459 e. The van der Waals surface area contributed by atoms with Gasteiger partial charge in [-0.1, -0.05) is 24.3 Å². The molecular formula is C17H16FNO. The fourth-order valence-corrected chi connectivity index (χ4v) is 2.49. The van der Waals surface area contributed by atoms with Crippen molar-refractivity contribution in [1.82, 2.24) is 0 Å². The number of hydrogen-bond acceptors (Lipinski definition) is 2. The van der Waals surface area contributed by atoms with E-state index in [1.807, 2.05) is 44.2 Å². The molecule has 0 aliphatic heterocycles. The average Bonchev–Trinajstić information content (AvgIpc) is 2.82. The van der Waals surface area contributed by atoms with Crippen LogP contribution in [0.15, 0.2) is 46.9 Å². The quantitative estimate of drug-likeness (QED) is 0.756. The Hall–Kier alpha value is -2.13. The van der Waals surface area contributed by atoms with Crippen molar-refractivity contribution < 1.29 is 8.81 Å². The fourth-order valence-electron chi connectivity index (χ4n) is 2.49. The first kappa shape index (κ1) is 12.9. The SMILES string of the molecule is Cc1cc(F)cc(C(N)c2cc3cccc(C)c3o2)c1. The zero-order chi connectivity index (χ0) is 14.3. The molecule has 0 radical (unpaired) electrons. The van der Waals surface area contributed by atoms with Gasteiger partial charge >= 0.3 is 0 Å². The topological polar surface area (TPSA) is 39.2 Å². The summed E-state index contributed by atoms with van der Waals surface area (Å²) in [6, 6.07) is 12.2. The molecule has 102 valence electrons. The van der Waals surface area contributed by atoms with E-state index in [9.17, 15) is 4.39 Å². The monoisotopic (exact) mass is 269 g/mol. The van der Waals surface area contributed by atoms with E-state index in [1.54, 1.807) is 0 Å². The van der Waals surface area contributed by atoms with Gasteiger partial charge in [0.2, 0.25) is 0 Å². The third-order valence-electron chi connectivity index (χ3n) is 3.49. The lowest BCUT2D eigenvalue weighted by atomic mass is 10.0. The van der Waals surface area contributed by atoms with Gasteiger partial charge in [0.25, 0.3) is 0 Å². The van der Waals surface area contributed by atoms with Crippen LogP contribution in [0.25, 0.3) is 11.0 Å². The van der Waals surface area contributed by atoms with Crippen LogP contribution in [-0.2, 0) is 0 Å². The van der Waals surface area contributed by atoms with Crippen molar-refractivity contribution >= 4 is 11.0 Å². The second kappa shape index (κ2) is 4.76. The number of nitrogens with two attached hydrogens (primary N) is 1. The van der Waals surface area contributed by atoms with Crippen LogP contribution in [-0.4, -0.2) is 0 Å². The maximum Gasteiger partial charge on any atom is 0.137 e. The second-order valence-electron chi connectivity index (χ2n) is 5.18. The van der Waals surface area contributed by atoms with Gasteiger partial charge in [-0.05, 0) is 48.7 Å². The van der Waals surface area contributed by atoms with Gasteiger partial charge < -0.3 is 10.2 Å². The lowest BCUT2D eigenvalue weighted by molar-refractivity contribution is 0.521. The number of aryl methyl sites for hydroxylation is 2. The van der Waals surface area contributed by atoms with Crippen LogP contribution >= 0.6 is 0 Å². The lowest BCUT2D eigenvalue weighted by Crippen LogP contribution is -2.11. The lowest BCUT2D eigenvalue weighted by Gasteiger charge is -2.10. The maximum atomic E-state index is 13.5. The molecule has 0 aliphatic carbocycles. The normalized spacial score (nSPS) is 12.8. The summed E-state index contributed by atoms with van der Waals surface area (Å²) in [5, 5.41) is 1.02. The Morgan fingerprint density at radius 2 is 1.90 bits per heavy atom. The van der Waals surface area contributed by atoms with Crippen LogP contribution in [0.2, 0.25) is 0 Å². The molecule has 1 heterocycles. The summed E-state index contributed by atoms with van der Waals surface area (Å²) in [5.74, 6) is 0.377. The molecule has 2 nitrogen and oxygen atoms in total. The van der Waals surface area contributed by atoms with Crippen molar-refractivity contribution in [2.24, 2.45) is 5.73 Å². The highest BCUT2D eigenvalue weighted by Crippen LogP contribution is 2.29. The predicted octanol–water partition coefficient (Wildman–Crippen LogP) is 4.24. The Bertz CT molecular complexity index is 756. The zero-order valence-electron chi connectivity index (χ0n) is 11.5. The Morgan fingerprint density at radius 1 is 1.10 bits per heavy atom. The molecule has 20 heavy (non-hydrogen) atoms. The third-order valence-corrected chi connectivity index (χ3v) is 3.49. The van der Waals surface area contributed by atoms with Crippen LogP contribution in [0, 0.1) is 19.7 Å². The van der Waals surface area contributed by atoms with Gasteiger partial charge in [-0.3, -0.25) is 0 Å². The molecule has 0 saturated carbocycles. The molecule has 1 aromatic heterocycles. The number of fused-ring (bicyclic) bond motifs is 1. The van der Waals surface area contributed by atoms with Crippen molar-refractivity contribution in [3.05, 3.63) is 70.7 Å². The van der Waals surface area contributed by atoms with Crippen LogP contribution in [0.1, 0.15) is 28.5 Å². The number of rotatable bonds is 2. The molecule has 0 saturated heterocycles. The summed E-state index contributed by atoms with van der Waals surface area (Å²) >= 11 is 0. The number of halogens is 1. The molecule has 1 atom stereocenters. The Balaban J connectivity index is 2.07. The minimum Gasteiger partial charge on any atom is -0.459 e. The van der Waals surface area contributed by atoms with E-state index in [1.165, 1.54) is 12.1 Å². The summed E-state index contributed by atoms with van der Waals surface area (Å²) in [7, 11) is 0. The zero-order valence-corrected chi connectivity index (χ0v) is 11.5. The van der Waals surface area contributed by atoms with Gasteiger partial charge in [0.1, 0.15) is 17.2 Å². The first-order chi connectivity index (χ1) is 9.54. The van der Waals surface area contributed by atoms with E-state index in [-0.39, 0.29) is 5.82 Å². The Morgan fingerprint density at radius 3 is 2.60 bits per heavy atom. The van der Waals surface area contributed by atoms with Crippen LogP contribution in [0.3, 0.4) is 0 Å². The highest BCUT2D eigenvalue weighted by atomic mass is 19.1. The molecule has 3 heteroatoms. The van der Waals surface area contributed by atoms with Crippen molar-refractivity contribution in [2.45, 2.75) is 19.9 Å². The smallest absolute Gasteiger partial charge is 0.137 e. The highest BCUT2D eigenvalue weighted by Gasteiger charge is 2.16. The van der Waals surface area contributed by atoms with Crippen LogP contribution in [0.5, 0.6) is 0 Å². The van der Waals surface area contributed by atoms with Crippen LogP contribution in [0.4, 0.5) is 4.39 Å². The first-order valence-corrected chi connectivity index (χ1v) is 6.56. The van der Waals surface area contributed by atoms with Crippen molar-refractivity contribution in [3.8, 4) is 0 Å². The summed E-state index contributed by atoms with van der Waals surface area (Å²) < 4.78 is 19.3. The van der Waals surface area contributed by atoms with Crippen molar-refractivity contribution in [2.75, 3.05) is 0 Å². The van der Waals surface area contributed by atoms with E-state index >= 15 is 0 Å². The number of para-hydroxylation sites is 1. The van der Waals surface area contributed by atoms with Crippen molar-refractivity contribution in [1.29, 1.82) is 0 Å². The number of benzene rings is 2. The molecule has 0 bridgehead atoms. The molecule has 2 aromatic carbocycles. The molecular weight excluding hydrogens is 253 g/mol. The second-order valence-corrected chi connectivity index (χ2v) is 5.18. The minimum absolute atomic E-state index is 0.275. The van der Waals surface area contributed by atoms with Gasteiger partial charge in [-0.2, -0.15) is 0 Å². The molecule has 3 rings (SSSR count). The molecule has 0 spiro atoms. The molecule has 0 amide bonds. The van der Waals surface area contributed by atoms with Gasteiger partial charge in [-0.25, -0.2) is 4.39 Å². The molecule has 1 unspecified atom stereocenters. The van der Waals surface area contributed by atoms with E-state index in [2.05, 4.69) is 0 Å². The summed E-state index contributed by atoms with van der Waals surface area (Å²) in [6.45, 7) is 3.84. The van der Waals surface area contributed by atoms with E-state index in [0.717, 1.165) is 27.7 Å². The standard InChI is InChI=1S/C17H16FNO/c1-10-6-13(8-14(18)7-10)16(19)15-9-12-5-3-4-11(2)17(12)20-15/h3-9,16H,19H2,1-2H3. The third kappa shape index (κ3) is 2.21. The number of furan rings is 1. The Kier molecular flexibility index (Phi) is 3.07. The van der Waals surface area contributed by atoms with Crippen molar-refractivity contribution in [3.63, 3.8) is 0 Å². The fraction of sp³-hybridized carbons (Fsp3) is 0.176. The Labute approximate surface area is 117 Å². The molecule has 2 N–H and O–H groups in total. The summed E-state index contributed by atoms with van der Waals surface area (Å²) in [4.78, 5) is 0. The maximum absolute atomic E-state index is 13.5. The summed E-state index contributed by atoms with van der Waals surface area (Å²) in [6.07, 6.45) is 0. The first-order valence-electron chi connectivity index (χ1n) is 6.56. The van der Waals surface area contributed by atoms with E-state index < -0.39 is 6.04 Å². The number of hydrogen-bond donors (Lipinski definition) is 1. The summed E-state index contributed by atoms with van der Waals surface area (Å²) in [5.41, 5.74) is 9.68. The van der Waals surface area contributed by atoms with Crippen LogP contribution < -0.4 is 5.73 Å². The van der Waals surface area contributed by atoms with Gasteiger partial charge in [0.05, 0.1) is 6.04 Å². The predicted molar refractivity (Wildman–Crippen MR) is 78.1 cm³/mol. The average molecular weight is 269 g/mol. The molecule has 3 aromatic rings. The van der Waals surface area contributed by atoms with E-state index in [4.69, 9.17) is 10.2 Å².